The van der Waals surface area contributed by atoms with Gasteiger partial charge in [0, 0.05) is 23.0 Å². The van der Waals surface area contributed by atoms with Gasteiger partial charge >= 0.3 is 0 Å². The van der Waals surface area contributed by atoms with Crippen LogP contribution < -0.4 is 10.9 Å². The van der Waals surface area contributed by atoms with Gasteiger partial charge in [-0.05, 0) is 24.5 Å². The molecule has 0 bridgehead atoms. The molecule has 138 valence electrons. The second kappa shape index (κ2) is 8.45. The monoisotopic (exact) mass is 361 g/mol. The molecule has 5 heteroatoms. The molecule has 1 aromatic heterocycles. The Labute approximate surface area is 158 Å². The normalized spacial score (nSPS) is 10.6. The van der Waals surface area contributed by atoms with Gasteiger partial charge in [0.05, 0.1) is 0 Å². The summed E-state index contributed by atoms with van der Waals surface area (Å²) in [6.07, 6.45) is 1.48. The molecule has 5 nitrogen and oxygen atoms in total. The van der Waals surface area contributed by atoms with Crippen molar-refractivity contribution in [2.24, 2.45) is 0 Å². The van der Waals surface area contributed by atoms with Gasteiger partial charge in [-0.1, -0.05) is 62.4 Å². The van der Waals surface area contributed by atoms with Crippen molar-refractivity contribution in [3.8, 4) is 11.4 Å². The van der Waals surface area contributed by atoms with Crippen molar-refractivity contribution < 1.29 is 4.79 Å². The smallest absolute Gasteiger partial charge is 0.254 e. The van der Waals surface area contributed by atoms with Crippen LogP contribution in [0, 0.1) is 0 Å². The van der Waals surface area contributed by atoms with E-state index >= 15 is 0 Å². The van der Waals surface area contributed by atoms with Crippen LogP contribution in [0.15, 0.2) is 65.5 Å². The van der Waals surface area contributed by atoms with Gasteiger partial charge in [-0.25, -0.2) is 4.98 Å². The van der Waals surface area contributed by atoms with Crippen LogP contribution in [0.1, 0.15) is 25.1 Å². The van der Waals surface area contributed by atoms with E-state index in [4.69, 9.17) is 0 Å². The van der Waals surface area contributed by atoms with Crippen molar-refractivity contribution in [2.75, 3.05) is 5.32 Å². The molecule has 0 saturated carbocycles. The maximum absolute atomic E-state index is 12.6. The fourth-order valence-electron chi connectivity index (χ4n) is 2.98. The lowest BCUT2D eigenvalue weighted by molar-refractivity contribution is -0.116. The first-order chi connectivity index (χ1) is 13.1. The third kappa shape index (κ3) is 4.31. The van der Waals surface area contributed by atoms with E-state index < -0.39 is 0 Å². The van der Waals surface area contributed by atoms with Crippen molar-refractivity contribution in [1.29, 1.82) is 0 Å². The minimum absolute atomic E-state index is 0.0852. The number of carbonyl (C=O) groups is 1. The number of aromatic nitrogens is 2. The first kappa shape index (κ1) is 18.6. The molecular formula is C22H23N3O2. The van der Waals surface area contributed by atoms with Crippen molar-refractivity contribution in [2.45, 2.75) is 33.2 Å². The average molecular weight is 361 g/mol. The van der Waals surface area contributed by atoms with Crippen molar-refractivity contribution in [3.05, 3.63) is 82.3 Å². The van der Waals surface area contributed by atoms with Gasteiger partial charge in [-0.2, -0.15) is 0 Å². The highest BCUT2D eigenvalue weighted by Crippen LogP contribution is 2.18. The number of nitrogens with zero attached hydrogens (tertiary/aromatic N) is 2. The predicted molar refractivity (Wildman–Crippen MR) is 108 cm³/mol. The number of amides is 1. The maximum Gasteiger partial charge on any atom is 0.254 e. The molecule has 3 rings (SSSR count). The second-order valence-electron chi connectivity index (χ2n) is 6.27. The Hall–Kier alpha value is -3.21. The van der Waals surface area contributed by atoms with Crippen LogP contribution in [-0.4, -0.2) is 15.5 Å². The summed E-state index contributed by atoms with van der Waals surface area (Å²) in [5, 5.41) is 2.92. The lowest BCUT2D eigenvalue weighted by Crippen LogP contribution is -2.30. The largest absolute Gasteiger partial charge is 0.324 e. The molecule has 0 atom stereocenters. The number of hydrogen-bond donors (Lipinski definition) is 1. The Bertz CT molecular complexity index is 994. The van der Waals surface area contributed by atoms with Crippen LogP contribution in [-0.2, 0) is 24.2 Å². The summed E-state index contributed by atoms with van der Waals surface area (Å²) in [5.41, 5.74) is 3.14. The van der Waals surface area contributed by atoms with Gasteiger partial charge in [0.15, 0.2) is 0 Å². The fourth-order valence-corrected chi connectivity index (χ4v) is 2.98. The van der Waals surface area contributed by atoms with E-state index in [0.717, 1.165) is 23.2 Å². The van der Waals surface area contributed by atoms with Crippen LogP contribution in [0.4, 0.5) is 5.69 Å². The van der Waals surface area contributed by atoms with Gasteiger partial charge in [-0.15, -0.1) is 0 Å². The first-order valence-electron chi connectivity index (χ1n) is 9.16. The second-order valence-corrected chi connectivity index (χ2v) is 6.27. The van der Waals surface area contributed by atoms with Crippen LogP contribution in [0.25, 0.3) is 11.4 Å². The molecule has 0 spiro atoms. The Kier molecular flexibility index (Phi) is 5.81. The third-order valence-corrected chi connectivity index (χ3v) is 4.43. The van der Waals surface area contributed by atoms with E-state index in [1.165, 1.54) is 10.6 Å². The molecule has 0 unspecified atom stereocenters. The summed E-state index contributed by atoms with van der Waals surface area (Å²) < 4.78 is 1.43. The number of hydrogen-bond acceptors (Lipinski definition) is 3. The van der Waals surface area contributed by atoms with Crippen molar-refractivity contribution in [1.82, 2.24) is 9.55 Å². The van der Waals surface area contributed by atoms with Crippen LogP contribution >= 0.6 is 0 Å². The average Bonchev–Trinajstić information content (AvgIpc) is 2.70. The quantitative estimate of drug-likeness (QED) is 0.728. The highest BCUT2D eigenvalue weighted by Gasteiger charge is 2.14. The minimum Gasteiger partial charge on any atom is -0.324 e. The van der Waals surface area contributed by atoms with Crippen LogP contribution in [0.2, 0.25) is 0 Å². The number of nitrogens with one attached hydrogen (secondary N) is 1. The number of benzene rings is 2. The Morgan fingerprint density at radius 3 is 2.41 bits per heavy atom. The Morgan fingerprint density at radius 1 is 1.00 bits per heavy atom. The molecule has 0 aliphatic carbocycles. The number of rotatable bonds is 6. The summed E-state index contributed by atoms with van der Waals surface area (Å²) in [4.78, 5) is 29.9. The molecule has 0 fully saturated rings. The minimum atomic E-state index is -0.249. The molecule has 1 amide bonds. The highest BCUT2D eigenvalue weighted by molar-refractivity contribution is 5.91. The highest BCUT2D eigenvalue weighted by atomic mass is 16.2. The van der Waals surface area contributed by atoms with Crippen LogP contribution in [0.5, 0.6) is 0 Å². The maximum atomic E-state index is 12.6. The zero-order valence-electron chi connectivity index (χ0n) is 15.6. The van der Waals surface area contributed by atoms with Crippen molar-refractivity contribution in [3.63, 3.8) is 0 Å². The molecule has 1 heterocycles. The fraction of sp³-hybridized carbons (Fsp3) is 0.227. The summed E-state index contributed by atoms with van der Waals surface area (Å²) in [6, 6.07) is 18.6. The molecular weight excluding hydrogens is 338 g/mol. The number of aryl methyl sites for hydroxylation is 2. The molecule has 2 aromatic carbocycles. The molecule has 3 aromatic rings. The molecule has 0 saturated heterocycles. The van der Waals surface area contributed by atoms with Crippen molar-refractivity contribution >= 4 is 11.6 Å². The molecule has 27 heavy (non-hydrogen) atoms. The van der Waals surface area contributed by atoms with E-state index in [-0.39, 0.29) is 18.0 Å². The molecule has 0 aliphatic heterocycles. The zero-order valence-corrected chi connectivity index (χ0v) is 15.6. The number of anilines is 1. The summed E-state index contributed by atoms with van der Waals surface area (Å²) in [6.45, 7) is 3.91. The molecule has 0 radical (unpaired) electrons. The Balaban J connectivity index is 1.94. The summed E-state index contributed by atoms with van der Waals surface area (Å²) in [5.74, 6) is 0.264. The summed E-state index contributed by atoms with van der Waals surface area (Å²) in [7, 11) is 0. The van der Waals surface area contributed by atoms with Gasteiger partial charge in [0.25, 0.3) is 5.56 Å². The summed E-state index contributed by atoms with van der Waals surface area (Å²) >= 11 is 0. The van der Waals surface area contributed by atoms with Gasteiger partial charge in [0.1, 0.15) is 12.4 Å². The topological polar surface area (TPSA) is 64.0 Å². The van der Waals surface area contributed by atoms with Gasteiger partial charge in [0.2, 0.25) is 5.91 Å². The SMILES string of the molecule is CCc1cc(=O)n(CC(=O)Nc2ccccc2CC)c(-c2ccccc2)n1. The lowest BCUT2D eigenvalue weighted by atomic mass is 10.1. The molecule has 0 aliphatic rings. The van der Waals surface area contributed by atoms with Gasteiger partial charge in [-0.3, -0.25) is 14.2 Å². The number of carbonyl (C=O) groups excluding carboxylic acids is 1. The van der Waals surface area contributed by atoms with E-state index in [1.54, 1.807) is 0 Å². The number of para-hydroxylation sites is 1. The van der Waals surface area contributed by atoms with E-state index in [1.807, 2.05) is 68.4 Å². The third-order valence-electron chi connectivity index (χ3n) is 4.43. The van der Waals surface area contributed by atoms with Gasteiger partial charge < -0.3 is 5.32 Å². The Morgan fingerprint density at radius 2 is 1.70 bits per heavy atom. The zero-order chi connectivity index (χ0) is 19.2. The van der Waals surface area contributed by atoms with E-state index in [0.29, 0.717) is 17.9 Å². The van der Waals surface area contributed by atoms with E-state index in [2.05, 4.69) is 10.3 Å². The molecule has 1 N–H and O–H groups in total. The lowest BCUT2D eigenvalue weighted by Gasteiger charge is -2.14. The standard InChI is InChI=1S/C22H23N3O2/c1-3-16-10-8-9-13-19(16)24-20(26)15-25-21(27)14-18(4-2)23-22(25)17-11-6-5-7-12-17/h5-14H,3-4,15H2,1-2H3,(H,24,26). The van der Waals surface area contributed by atoms with E-state index in [9.17, 15) is 9.59 Å². The first-order valence-corrected chi connectivity index (χ1v) is 9.16. The van der Waals surface area contributed by atoms with Crippen LogP contribution in [0.3, 0.4) is 0 Å². The predicted octanol–water partition coefficient (Wildman–Crippen LogP) is 3.67.